The average Bonchev–Trinajstić information content (AvgIpc) is 2.83. The van der Waals surface area contributed by atoms with E-state index in [9.17, 15) is 9.90 Å². The molecule has 0 aliphatic carbocycles. The number of aliphatic hydroxyl groups is 1. The Labute approximate surface area is 120 Å². The lowest BCUT2D eigenvalue weighted by Crippen LogP contribution is -2.43. The summed E-state index contributed by atoms with van der Waals surface area (Å²) in [6, 6.07) is 7.60. The number of nitrogens with one attached hydrogen (secondary N) is 1. The van der Waals surface area contributed by atoms with Crippen LogP contribution in [0.4, 0.5) is 0 Å². The van der Waals surface area contributed by atoms with E-state index < -0.39 is 5.60 Å². The van der Waals surface area contributed by atoms with E-state index in [2.05, 4.69) is 26.1 Å². The van der Waals surface area contributed by atoms with Gasteiger partial charge in [0.05, 0.1) is 6.61 Å². The summed E-state index contributed by atoms with van der Waals surface area (Å²) in [4.78, 5) is 12.0. The van der Waals surface area contributed by atoms with E-state index in [0.29, 0.717) is 18.6 Å². The van der Waals surface area contributed by atoms with Gasteiger partial charge in [-0.25, -0.2) is 0 Å². The second kappa shape index (κ2) is 5.54. The first-order valence-electron chi connectivity index (χ1n) is 6.99. The summed E-state index contributed by atoms with van der Waals surface area (Å²) in [5, 5.41) is 12.9. The van der Waals surface area contributed by atoms with Gasteiger partial charge in [-0.05, 0) is 23.1 Å². The molecule has 0 radical (unpaired) electrons. The molecule has 0 aromatic heterocycles. The maximum absolute atomic E-state index is 12.0. The number of rotatable bonds is 3. The molecule has 1 saturated heterocycles. The fourth-order valence-corrected chi connectivity index (χ4v) is 2.20. The summed E-state index contributed by atoms with van der Waals surface area (Å²) in [6.45, 7) is 7.48. The van der Waals surface area contributed by atoms with Crippen LogP contribution in [0.5, 0.6) is 0 Å². The standard InChI is InChI=1S/C16H23NO3/c1-15(2,3)13-6-4-12(5-7-13)14(18)17-10-16(19)8-9-20-11-16/h4-7,19H,8-11H2,1-3H3,(H,17,18)/t16-/m1/s1. The van der Waals surface area contributed by atoms with Crippen LogP contribution < -0.4 is 5.32 Å². The average molecular weight is 277 g/mol. The maximum Gasteiger partial charge on any atom is 0.251 e. The third-order valence-corrected chi connectivity index (χ3v) is 3.67. The highest BCUT2D eigenvalue weighted by Crippen LogP contribution is 2.22. The Bertz CT molecular complexity index is 467. The Hall–Kier alpha value is -1.39. The van der Waals surface area contributed by atoms with Crippen molar-refractivity contribution in [3.8, 4) is 0 Å². The van der Waals surface area contributed by atoms with Crippen LogP contribution in [0.25, 0.3) is 0 Å². The molecule has 1 aromatic rings. The fourth-order valence-electron chi connectivity index (χ4n) is 2.20. The monoisotopic (exact) mass is 277 g/mol. The van der Waals surface area contributed by atoms with Crippen molar-refractivity contribution >= 4 is 5.91 Å². The molecular weight excluding hydrogens is 254 g/mol. The van der Waals surface area contributed by atoms with E-state index >= 15 is 0 Å². The number of carbonyl (C=O) groups excluding carboxylic acids is 1. The first-order chi connectivity index (χ1) is 9.30. The van der Waals surface area contributed by atoms with Crippen molar-refractivity contribution in [1.29, 1.82) is 0 Å². The van der Waals surface area contributed by atoms with Gasteiger partial charge < -0.3 is 15.2 Å². The van der Waals surface area contributed by atoms with Gasteiger partial charge in [-0.15, -0.1) is 0 Å². The Kier molecular flexibility index (Phi) is 4.16. The van der Waals surface area contributed by atoms with Crippen LogP contribution >= 0.6 is 0 Å². The number of benzene rings is 1. The molecule has 1 atom stereocenters. The van der Waals surface area contributed by atoms with Crippen molar-refractivity contribution in [1.82, 2.24) is 5.32 Å². The summed E-state index contributed by atoms with van der Waals surface area (Å²) in [6.07, 6.45) is 0.566. The molecule has 1 fully saturated rings. The molecule has 4 nitrogen and oxygen atoms in total. The zero-order valence-electron chi connectivity index (χ0n) is 12.4. The fraction of sp³-hybridized carbons (Fsp3) is 0.562. The lowest BCUT2D eigenvalue weighted by atomic mass is 9.86. The molecule has 2 rings (SSSR count). The molecule has 1 aliphatic rings. The van der Waals surface area contributed by atoms with Gasteiger partial charge in [0, 0.05) is 25.1 Å². The van der Waals surface area contributed by atoms with Crippen LogP contribution in [0, 0.1) is 0 Å². The Morgan fingerprint density at radius 1 is 1.35 bits per heavy atom. The number of hydrogen-bond acceptors (Lipinski definition) is 3. The lowest BCUT2D eigenvalue weighted by molar-refractivity contribution is 0.0264. The third-order valence-electron chi connectivity index (χ3n) is 3.67. The molecule has 0 unspecified atom stereocenters. The van der Waals surface area contributed by atoms with Gasteiger partial charge >= 0.3 is 0 Å². The molecule has 1 heterocycles. The first-order valence-corrected chi connectivity index (χ1v) is 6.99. The molecule has 0 bridgehead atoms. The minimum Gasteiger partial charge on any atom is -0.386 e. The van der Waals surface area contributed by atoms with E-state index in [1.807, 2.05) is 24.3 Å². The van der Waals surface area contributed by atoms with Crippen LogP contribution in [-0.2, 0) is 10.2 Å². The van der Waals surface area contributed by atoms with Crippen LogP contribution in [0.3, 0.4) is 0 Å². The molecular formula is C16H23NO3. The first kappa shape index (κ1) is 15.0. The Morgan fingerprint density at radius 3 is 2.50 bits per heavy atom. The van der Waals surface area contributed by atoms with E-state index in [0.717, 1.165) is 0 Å². The highest BCUT2D eigenvalue weighted by atomic mass is 16.5. The molecule has 0 spiro atoms. The second-order valence-electron chi connectivity index (χ2n) is 6.54. The molecule has 1 aromatic carbocycles. The summed E-state index contributed by atoms with van der Waals surface area (Å²) >= 11 is 0. The summed E-state index contributed by atoms with van der Waals surface area (Å²) < 4.78 is 5.15. The van der Waals surface area contributed by atoms with Gasteiger partial charge in [0.1, 0.15) is 5.60 Å². The zero-order chi connectivity index (χ0) is 14.8. The van der Waals surface area contributed by atoms with Crippen LogP contribution in [0.2, 0.25) is 0 Å². The predicted octanol–water partition coefficient (Wildman–Crippen LogP) is 1.87. The zero-order valence-corrected chi connectivity index (χ0v) is 12.4. The van der Waals surface area contributed by atoms with Crippen molar-refractivity contribution in [2.75, 3.05) is 19.8 Å². The van der Waals surface area contributed by atoms with Crippen molar-refractivity contribution < 1.29 is 14.6 Å². The van der Waals surface area contributed by atoms with Crippen molar-refractivity contribution in [3.63, 3.8) is 0 Å². The van der Waals surface area contributed by atoms with Gasteiger partial charge in [0.2, 0.25) is 0 Å². The van der Waals surface area contributed by atoms with Gasteiger partial charge in [-0.2, -0.15) is 0 Å². The summed E-state index contributed by atoms with van der Waals surface area (Å²) in [5.41, 5.74) is 0.962. The molecule has 4 heteroatoms. The lowest BCUT2D eigenvalue weighted by Gasteiger charge is -2.21. The van der Waals surface area contributed by atoms with Gasteiger partial charge in [-0.1, -0.05) is 32.9 Å². The Balaban J connectivity index is 1.96. The van der Waals surface area contributed by atoms with E-state index in [1.54, 1.807) is 0 Å². The third kappa shape index (κ3) is 3.58. The maximum atomic E-state index is 12.0. The van der Waals surface area contributed by atoms with Gasteiger partial charge in [-0.3, -0.25) is 4.79 Å². The topological polar surface area (TPSA) is 58.6 Å². The highest BCUT2D eigenvalue weighted by molar-refractivity contribution is 5.94. The Morgan fingerprint density at radius 2 is 2.00 bits per heavy atom. The molecule has 2 N–H and O–H groups in total. The van der Waals surface area contributed by atoms with E-state index in [1.165, 1.54) is 5.56 Å². The van der Waals surface area contributed by atoms with E-state index in [-0.39, 0.29) is 24.5 Å². The largest absolute Gasteiger partial charge is 0.386 e. The minimum absolute atomic E-state index is 0.0748. The van der Waals surface area contributed by atoms with Crippen LogP contribution in [0.1, 0.15) is 43.1 Å². The number of carbonyl (C=O) groups is 1. The molecule has 110 valence electrons. The predicted molar refractivity (Wildman–Crippen MR) is 77.9 cm³/mol. The highest BCUT2D eigenvalue weighted by Gasteiger charge is 2.32. The number of ether oxygens (including phenoxy) is 1. The van der Waals surface area contributed by atoms with Gasteiger partial charge in [0.15, 0.2) is 0 Å². The van der Waals surface area contributed by atoms with Crippen molar-refractivity contribution in [2.24, 2.45) is 0 Å². The quantitative estimate of drug-likeness (QED) is 0.886. The van der Waals surface area contributed by atoms with Crippen molar-refractivity contribution in [2.45, 2.75) is 38.2 Å². The molecule has 0 saturated carbocycles. The van der Waals surface area contributed by atoms with Crippen molar-refractivity contribution in [3.05, 3.63) is 35.4 Å². The number of hydrogen-bond donors (Lipinski definition) is 2. The second-order valence-corrected chi connectivity index (χ2v) is 6.54. The van der Waals surface area contributed by atoms with Crippen LogP contribution in [0.15, 0.2) is 24.3 Å². The summed E-state index contributed by atoms with van der Waals surface area (Å²) in [7, 11) is 0. The molecule has 1 amide bonds. The van der Waals surface area contributed by atoms with Gasteiger partial charge in [0.25, 0.3) is 5.91 Å². The minimum atomic E-state index is -0.916. The molecule has 20 heavy (non-hydrogen) atoms. The normalized spacial score (nSPS) is 22.8. The van der Waals surface area contributed by atoms with Crippen LogP contribution in [-0.4, -0.2) is 36.4 Å². The number of amides is 1. The summed E-state index contributed by atoms with van der Waals surface area (Å²) in [5.74, 6) is -0.161. The SMILES string of the molecule is CC(C)(C)c1ccc(C(=O)NC[C@]2(O)CCOC2)cc1. The smallest absolute Gasteiger partial charge is 0.251 e. The molecule has 1 aliphatic heterocycles. The van der Waals surface area contributed by atoms with E-state index in [4.69, 9.17) is 4.74 Å².